The summed E-state index contributed by atoms with van der Waals surface area (Å²) in [6.45, 7) is 0. The number of benzene rings is 2. The number of furan rings is 1. The highest BCUT2D eigenvalue weighted by Crippen LogP contribution is 2.22. The van der Waals surface area contributed by atoms with E-state index in [1.807, 2.05) is 18.2 Å². The van der Waals surface area contributed by atoms with Crippen LogP contribution < -0.4 is 0 Å². The van der Waals surface area contributed by atoms with Crippen LogP contribution in [0.1, 0.15) is 10.6 Å². The number of rotatable bonds is 4. The molecule has 1 aromatic heterocycles. The molecule has 106 valence electrons. The van der Waals surface area contributed by atoms with E-state index < -0.39 is 10.8 Å². The van der Waals surface area contributed by atoms with Gasteiger partial charge in [0.05, 0.1) is 26.5 Å². The third kappa shape index (κ3) is 2.91. The Morgan fingerprint density at radius 1 is 1.10 bits per heavy atom. The average molecular weight is 319 g/mol. The molecule has 3 rings (SSSR count). The van der Waals surface area contributed by atoms with Gasteiger partial charge in [-0.3, -0.25) is 9.00 Å². The molecule has 1 unspecified atom stereocenters. The minimum Gasteiger partial charge on any atom is -0.453 e. The Morgan fingerprint density at radius 3 is 2.57 bits per heavy atom. The molecule has 3 nitrogen and oxygen atoms in total. The molecule has 1 atom stereocenters. The maximum absolute atomic E-state index is 12.2. The molecule has 1 heterocycles. The third-order valence-electron chi connectivity index (χ3n) is 3.04. The van der Waals surface area contributed by atoms with Crippen molar-refractivity contribution in [2.75, 3.05) is 5.75 Å². The Balaban J connectivity index is 1.83. The molecule has 21 heavy (non-hydrogen) atoms. The van der Waals surface area contributed by atoms with Crippen molar-refractivity contribution in [3.63, 3.8) is 0 Å². The zero-order valence-electron chi connectivity index (χ0n) is 10.9. The molecule has 0 N–H and O–H groups in total. The van der Waals surface area contributed by atoms with Crippen molar-refractivity contribution in [1.29, 1.82) is 0 Å². The molecular weight excluding hydrogens is 308 g/mol. The molecule has 0 aliphatic heterocycles. The summed E-state index contributed by atoms with van der Waals surface area (Å²) in [6, 6.07) is 15.8. The van der Waals surface area contributed by atoms with E-state index in [0.29, 0.717) is 15.5 Å². The fraction of sp³-hybridized carbons (Fsp3) is 0.0625. The molecule has 0 radical (unpaired) electrons. The maximum Gasteiger partial charge on any atom is 0.210 e. The molecule has 0 saturated heterocycles. The number of hydrogen-bond donors (Lipinski definition) is 0. The molecule has 0 amide bonds. The lowest BCUT2D eigenvalue weighted by Crippen LogP contribution is -2.10. The summed E-state index contributed by atoms with van der Waals surface area (Å²) >= 11 is 5.99. The van der Waals surface area contributed by atoms with E-state index in [1.54, 1.807) is 36.4 Å². The van der Waals surface area contributed by atoms with Gasteiger partial charge in [0, 0.05) is 5.39 Å². The minimum atomic E-state index is -1.49. The van der Waals surface area contributed by atoms with Gasteiger partial charge >= 0.3 is 0 Å². The van der Waals surface area contributed by atoms with Gasteiger partial charge in [0.15, 0.2) is 5.76 Å². The number of ketones is 1. The highest BCUT2D eigenvalue weighted by molar-refractivity contribution is 7.86. The van der Waals surface area contributed by atoms with Gasteiger partial charge in [0.1, 0.15) is 5.58 Å². The quantitative estimate of drug-likeness (QED) is 0.681. The van der Waals surface area contributed by atoms with Crippen molar-refractivity contribution in [3.8, 4) is 0 Å². The van der Waals surface area contributed by atoms with Gasteiger partial charge < -0.3 is 4.42 Å². The highest BCUT2D eigenvalue weighted by atomic mass is 35.5. The van der Waals surface area contributed by atoms with Crippen molar-refractivity contribution in [2.24, 2.45) is 0 Å². The predicted octanol–water partition coefficient (Wildman–Crippen LogP) is 4.08. The largest absolute Gasteiger partial charge is 0.453 e. The van der Waals surface area contributed by atoms with Crippen LogP contribution in [0.15, 0.2) is 63.9 Å². The van der Waals surface area contributed by atoms with Crippen LogP contribution in [0.25, 0.3) is 11.0 Å². The SMILES string of the molecule is O=C(CS(=O)c1ccccc1Cl)c1cc2ccccc2o1. The highest BCUT2D eigenvalue weighted by Gasteiger charge is 2.17. The van der Waals surface area contributed by atoms with Gasteiger partial charge in [-0.25, -0.2) is 0 Å². The van der Waals surface area contributed by atoms with Gasteiger partial charge in [-0.05, 0) is 24.3 Å². The smallest absolute Gasteiger partial charge is 0.210 e. The van der Waals surface area contributed by atoms with Gasteiger partial charge in [-0.1, -0.05) is 41.9 Å². The second kappa shape index (κ2) is 5.84. The van der Waals surface area contributed by atoms with Crippen LogP contribution in [0.4, 0.5) is 0 Å². The van der Waals surface area contributed by atoms with Crippen LogP contribution in [0.3, 0.4) is 0 Å². The van der Waals surface area contributed by atoms with Crippen molar-refractivity contribution in [1.82, 2.24) is 0 Å². The summed E-state index contributed by atoms with van der Waals surface area (Å²) in [4.78, 5) is 12.6. The minimum absolute atomic E-state index is 0.149. The lowest BCUT2D eigenvalue weighted by molar-refractivity contribution is 0.0993. The van der Waals surface area contributed by atoms with E-state index in [0.717, 1.165) is 5.39 Å². The fourth-order valence-corrected chi connectivity index (χ4v) is 3.46. The first-order chi connectivity index (χ1) is 10.1. The number of fused-ring (bicyclic) bond motifs is 1. The van der Waals surface area contributed by atoms with Crippen LogP contribution in [0.2, 0.25) is 5.02 Å². The summed E-state index contributed by atoms with van der Waals surface area (Å²) < 4.78 is 17.7. The van der Waals surface area contributed by atoms with Crippen molar-refractivity contribution < 1.29 is 13.4 Å². The number of carbonyl (C=O) groups excluding carboxylic acids is 1. The molecule has 0 aliphatic rings. The Bertz CT molecular complexity index is 805. The second-order valence-corrected chi connectivity index (χ2v) is 6.32. The normalized spacial score (nSPS) is 12.4. The fourth-order valence-electron chi connectivity index (χ4n) is 2.02. The molecule has 0 fully saturated rings. The molecule has 0 bridgehead atoms. The number of Topliss-reactive ketones (excluding diaryl/α,β-unsaturated/α-hetero) is 1. The standard InChI is InChI=1S/C16H11ClO3S/c17-12-6-2-4-8-16(12)21(19)10-13(18)15-9-11-5-1-3-7-14(11)20-15/h1-9H,10H2. The predicted molar refractivity (Wildman–Crippen MR) is 83.3 cm³/mol. The molecular formula is C16H11ClO3S. The molecule has 3 aromatic rings. The Hall–Kier alpha value is -1.91. The van der Waals surface area contributed by atoms with Gasteiger partial charge in [-0.15, -0.1) is 0 Å². The summed E-state index contributed by atoms with van der Waals surface area (Å²) in [5, 5.41) is 1.25. The van der Waals surface area contributed by atoms with Gasteiger partial charge in [0.25, 0.3) is 0 Å². The van der Waals surface area contributed by atoms with E-state index in [-0.39, 0.29) is 17.3 Å². The second-order valence-electron chi connectivity index (χ2n) is 4.49. The molecule has 2 aromatic carbocycles. The Kier molecular flexibility index (Phi) is 3.90. The first-order valence-electron chi connectivity index (χ1n) is 6.30. The van der Waals surface area contributed by atoms with Crippen LogP contribution >= 0.6 is 11.6 Å². The van der Waals surface area contributed by atoms with Crippen LogP contribution in [-0.4, -0.2) is 15.7 Å². The van der Waals surface area contributed by atoms with Crippen molar-refractivity contribution >= 4 is 39.2 Å². The first kappa shape index (κ1) is 14.0. The zero-order chi connectivity index (χ0) is 14.8. The van der Waals surface area contributed by atoms with E-state index in [2.05, 4.69) is 0 Å². The van der Waals surface area contributed by atoms with Crippen LogP contribution in [-0.2, 0) is 10.8 Å². The summed E-state index contributed by atoms with van der Waals surface area (Å²) in [6.07, 6.45) is 0. The first-order valence-corrected chi connectivity index (χ1v) is 7.99. The average Bonchev–Trinajstić information content (AvgIpc) is 2.91. The molecule has 0 aliphatic carbocycles. The Labute approximate surface area is 129 Å². The summed E-state index contributed by atoms with van der Waals surface area (Å²) in [5.74, 6) is -0.232. The number of hydrogen-bond acceptors (Lipinski definition) is 3. The lowest BCUT2D eigenvalue weighted by atomic mass is 10.2. The van der Waals surface area contributed by atoms with Crippen LogP contribution in [0.5, 0.6) is 0 Å². The Morgan fingerprint density at radius 2 is 1.81 bits per heavy atom. The van der Waals surface area contributed by atoms with Gasteiger partial charge in [-0.2, -0.15) is 0 Å². The zero-order valence-corrected chi connectivity index (χ0v) is 12.5. The van der Waals surface area contributed by atoms with Gasteiger partial charge in [0.2, 0.25) is 5.78 Å². The number of para-hydroxylation sites is 1. The van der Waals surface area contributed by atoms with Crippen molar-refractivity contribution in [2.45, 2.75) is 4.90 Å². The van der Waals surface area contributed by atoms with E-state index >= 15 is 0 Å². The topological polar surface area (TPSA) is 47.3 Å². The monoisotopic (exact) mass is 318 g/mol. The number of carbonyl (C=O) groups is 1. The molecule has 0 saturated carbocycles. The van der Waals surface area contributed by atoms with Crippen molar-refractivity contribution in [3.05, 3.63) is 65.4 Å². The number of halogens is 1. The maximum atomic E-state index is 12.2. The van der Waals surface area contributed by atoms with Crippen LogP contribution in [0, 0.1) is 0 Å². The molecule has 5 heteroatoms. The summed E-state index contributed by atoms with van der Waals surface area (Å²) in [5.41, 5.74) is 0.643. The van der Waals surface area contributed by atoms with E-state index in [1.165, 1.54) is 0 Å². The third-order valence-corrected chi connectivity index (χ3v) is 4.86. The van der Waals surface area contributed by atoms with E-state index in [4.69, 9.17) is 16.0 Å². The lowest BCUT2D eigenvalue weighted by Gasteiger charge is -2.02. The van der Waals surface area contributed by atoms with E-state index in [9.17, 15) is 9.00 Å². The molecule has 0 spiro atoms. The summed E-state index contributed by atoms with van der Waals surface area (Å²) in [7, 11) is -1.49.